The first-order valence-corrected chi connectivity index (χ1v) is 4.22. The lowest BCUT2D eigenvalue weighted by Crippen LogP contribution is -2.07. The van der Waals surface area contributed by atoms with Crippen LogP contribution in [0.3, 0.4) is 0 Å². The van der Waals surface area contributed by atoms with Gasteiger partial charge in [-0.25, -0.2) is 0 Å². The average molecular weight is 171 g/mol. The van der Waals surface area contributed by atoms with E-state index in [2.05, 4.69) is 6.07 Å². The lowest BCUT2D eigenvalue weighted by atomic mass is 10.00. The van der Waals surface area contributed by atoms with E-state index < -0.39 is 0 Å². The molecule has 0 atom stereocenters. The average Bonchev–Trinajstić information content (AvgIpc) is 2.19. The molecule has 0 aromatic heterocycles. The van der Waals surface area contributed by atoms with Gasteiger partial charge >= 0.3 is 0 Å². The normalized spacial score (nSPS) is 17.3. The minimum absolute atomic E-state index is 0.671. The first-order chi connectivity index (χ1) is 6.42. The molecule has 0 radical (unpaired) electrons. The summed E-state index contributed by atoms with van der Waals surface area (Å²) in [4.78, 5) is 0. The van der Waals surface area contributed by atoms with Gasteiger partial charge in [0.25, 0.3) is 0 Å². The molecule has 1 heterocycles. The second-order valence-corrected chi connectivity index (χ2v) is 2.89. The van der Waals surface area contributed by atoms with E-state index in [1.165, 1.54) is 0 Å². The van der Waals surface area contributed by atoms with E-state index in [1.807, 2.05) is 24.3 Å². The number of rotatable bonds is 0. The summed E-state index contributed by atoms with van der Waals surface area (Å²) in [6, 6.07) is 9.87. The number of hydrogen-bond donors (Lipinski definition) is 0. The first kappa shape index (κ1) is 7.88. The van der Waals surface area contributed by atoms with Crippen molar-refractivity contribution in [3.63, 3.8) is 0 Å². The summed E-state index contributed by atoms with van der Waals surface area (Å²) in [5.74, 6) is 0.884. The number of allylic oxidation sites excluding steroid dienone is 1. The topological polar surface area (TPSA) is 33.0 Å². The van der Waals surface area contributed by atoms with Crippen LogP contribution in [0.25, 0.3) is 5.57 Å². The Kier molecular flexibility index (Phi) is 2.01. The van der Waals surface area contributed by atoms with Gasteiger partial charge in [-0.1, -0.05) is 18.2 Å². The van der Waals surface area contributed by atoms with Crippen LogP contribution in [-0.4, -0.2) is 6.61 Å². The van der Waals surface area contributed by atoms with Crippen molar-refractivity contribution in [1.82, 2.24) is 0 Å². The van der Waals surface area contributed by atoms with E-state index in [0.717, 1.165) is 23.3 Å². The second kappa shape index (κ2) is 3.32. The van der Waals surface area contributed by atoms with Crippen LogP contribution >= 0.6 is 0 Å². The van der Waals surface area contributed by atoms with Crippen molar-refractivity contribution in [2.24, 2.45) is 0 Å². The van der Waals surface area contributed by atoms with Crippen LogP contribution in [0.1, 0.15) is 12.0 Å². The molecule has 0 bridgehead atoms. The molecule has 2 heteroatoms. The van der Waals surface area contributed by atoms with E-state index >= 15 is 0 Å². The number of hydrogen-bond acceptors (Lipinski definition) is 2. The van der Waals surface area contributed by atoms with Crippen LogP contribution in [0, 0.1) is 11.3 Å². The van der Waals surface area contributed by atoms with E-state index in [1.54, 1.807) is 6.08 Å². The van der Waals surface area contributed by atoms with Crippen molar-refractivity contribution in [3.8, 4) is 11.8 Å². The monoisotopic (exact) mass is 171 g/mol. The van der Waals surface area contributed by atoms with Crippen LogP contribution < -0.4 is 4.74 Å². The van der Waals surface area contributed by atoms with Crippen LogP contribution in [0.5, 0.6) is 5.75 Å². The summed E-state index contributed by atoms with van der Waals surface area (Å²) in [7, 11) is 0. The molecule has 1 aliphatic heterocycles. The smallest absolute Gasteiger partial charge is 0.126 e. The van der Waals surface area contributed by atoms with E-state index in [-0.39, 0.29) is 0 Å². The van der Waals surface area contributed by atoms with Crippen LogP contribution in [0.15, 0.2) is 30.3 Å². The van der Waals surface area contributed by atoms with E-state index in [0.29, 0.717) is 6.61 Å². The van der Waals surface area contributed by atoms with Crippen molar-refractivity contribution >= 4 is 5.57 Å². The minimum Gasteiger partial charge on any atom is -0.493 e. The highest BCUT2D eigenvalue weighted by Gasteiger charge is 2.13. The number of nitriles is 1. The Morgan fingerprint density at radius 3 is 3.08 bits per heavy atom. The zero-order chi connectivity index (χ0) is 9.10. The molecule has 2 nitrogen and oxygen atoms in total. The summed E-state index contributed by atoms with van der Waals surface area (Å²) in [5, 5.41) is 8.58. The molecule has 64 valence electrons. The van der Waals surface area contributed by atoms with Crippen molar-refractivity contribution in [1.29, 1.82) is 5.26 Å². The van der Waals surface area contributed by atoms with Crippen molar-refractivity contribution < 1.29 is 4.74 Å². The highest BCUT2D eigenvalue weighted by Crippen LogP contribution is 2.31. The molecule has 0 saturated heterocycles. The Hall–Kier alpha value is -1.75. The van der Waals surface area contributed by atoms with Gasteiger partial charge in [0.1, 0.15) is 5.75 Å². The Labute approximate surface area is 77.1 Å². The molecular formula is C11H9NO. The third-order valence-electron chi connectivity index (χ3n) is 2.10. The maximum absolute atomic E-state index is 8.58. The lowest BCUT2D eigenvalue weighted by molar-refractivity contribution is 0.316. The number of ether oxygens (including phenoxy) is 1. The molecule has 0 amide bonds. The summed E-state index contributed by atoms with van der Waals surface area (Å²) in [6.45, 7) is 0.671. The predicted octanol–water partition coefficient (Wildman–Crippen LogP) is 2.38. The Balaban J connectivity index is 2.50. The molecule has 0 N–H and O–H groups in total. The molecule has 13 heavy (non-hydrogen) atoms. The fraction of sp³-hybridized carbons (Fsp3) is 0.182. The number of benzene rings is 1. The van der Waals surface area contributed by atoms with Crippen molar-refractivity contribution in [2.45, 2.75) is 6.42 Å². The molecule has 0 aliphatic carbocycles. The highest BCUT2D eigenvalue weighted by molar-refractivity contribution is 5.73. The van der Waals surface area contributed by atoms with Gasteiger partial charge in [-0.3, -0.25) is 0 Å². The summed E-state index contributed by atoms with van der Waals surface area (Å²) in [6.07, 6.45) is 2.42. The Morgan fingerprint density at radius 2 is 2.23 bits per heavy atom. The van der Waals surface area contributed by atoms with Gasteiger partial charge in [0.2, 0.25) is 0 Å². The van der Waals surface area contributed by atoms with Gasteiger partial charge in [0.05, 0.1) is 12.7 Å². The minimum atomic E-state index is 0.671. The fourth-order valence-electron chi connectivity index (χ4n) is 1.49. The molecule has 1 aliphatic rings. The standard InChI is InChI=1S/C11H9NO/c12-7-5-9-6-8-13-11-4-2-1-3-10(9)11/h1-5H,6,8H2. The highest BCUT2D eigenvalue weighted by atomic mass is 16.5. The van der Waals surface area contributed by atoms with Gasteiger partial charge < -0.3 is 4.74 Å². The van der Waals surface area contributed by atoms with Crippen LogP contribution in [-0.2, 0) is 0 Å². The van der Waals surface area contributed by atoms with Gasteiger partial charge in [-0.15, -0.1) is 0 Å². The van der Waals surface area contributed by atoms with E-state index in [9.17, 15) is 0 Å². The zero-order valence-corrected chi connectivity index (χ0v) is 7.16. The molecular weight excluding hydrogens is 162 g/mol. The SMILES string of the molecule is N#CC=C1CCOc2ccccc21. The molecule has 0 fully saturated rings. The lowest BCUT2D eigenvalue weighted by Gasteiger charge is -2.18. The maximum atomic E-state index is 8.58. The molecule has 2 rings (SSSR count). The number of nitrogens with zero attached hydrogens (tertiary/aromatic N) is 1. The van der Waals surface area contributed by atoms with Crippen LogP contribution in [0.4, 0.5) is 0 Å². The molecule has 1 aromatic carbocycles. The van der Waals surface area contributed by atoms with Crippen molar-refractivity contribution in [3.05, 3.63) is 35.9 Å². The Bertz CT molecular complexity index is 387. The molecule has 1 aromatic rings. The van der Waals surface area contributed by atoms with Crippen molar-refractivity contribution in [2.75, 3.05) is 6.61 Å². The summed E-state index contributed by atoms with van der Waals surface area (Å²) < 4.78 is 5.45. The Morgan fingerprint density at radius 1 is 1.38 bits per heavy atom. The quantitative estimate of drug-likeness (QED) is 0.561. The van der Waals surface area contributed by atoms with Gasteiger partial charge in [0, 0.05) is 18.1 Å². The fourth-order valence-corrected chi connectivity index (χ4v) is 1.49. The summed E-state index contributed by atoms with van der Waals surface area (Å²) in [5.41, 5.74) is 2.12. The third kappa shape index (κ3) is 1.41. The number of fused-ring (bicyclic) bond motifs is 1. The largest absolute Gasteiger partial charge is 0.493 e. The predicted molar refractivity (Wildman–Crippen MR) is 50.1 cm³/mol. The number of para-hydroxylation sites is 1. The second-order valence-electron chi connectivity index (χ2n) is 2.89. The zero-order valence-electron chi connectivity index (χ0n) is 7.16. The molecule has 0 spiro atoms. The molecule has 0 unspecified atom stereocenters. The van der Waals surface area contributed by atoms with Gasteiger partial charge in [-0.05, 0) is 11.6 Å². The third-order valence-corrected chi connectivity index (χ3v) is 2.10. The van der Waals surface area contributed by atoms with Gasteiger partial charge in [-0.2, -0.15) is 5.26 Å². The van der Waals surface area contributed by atoms with Crippen LogP contribution in [0.2, 0.25) is 0 Å². The van der Waals surface area contributed by atoms with Gasteiger partial charge in [0.15, 0.2) is 0 Å². The summed E-state index contributed by atoms with van der Waals surface area (Å²) >= 11 is 0. The van der Waals surface area contributed by atoms with E-state index in [4.69, 9.17) is 10.00 Å². The molecule has 0 saturated carbocycles. The first-order valence-electron chi connectivity index (χ1n) is 4.22. The maximum Gasteiger partial charge on any atom is 0.126 e.